The first-order valence-electron chi connectivity index (χ1n) is 6.58. The first-order chi connectivity index (χ1) is 8.27. The molecule has 0 radical (unpaired) electrons. The first-order valence-corrected chi connectivity index (χ1v) is 6.58. The summed E-state index contributed by atoms with van der Waals surface area (Å²) in [7, 11) is 0. The van der Waals surface area contributed by atoms with Crippen LogP contribution in [0.1, 0.15) is 36.8 Å². The summed E-state index contributed by atoms with van der Waals surface area (Å²) >= 11 is 0. The molecular weight excluding hydrogens is 212 g/mol. The summed E-state index contributed by atoms with van der Waals surface area (Å²) in [6.07, 6.45) is 5.14. The summed E-state index contributed by atoms with van der Waals surface area (Å²) in [5.74, 6) is 1.06. The second-order valence-corrected chi connectivity index (χ2v) is 4.85. The molecule has 1 aromatic carbocycles. The minimum Gasteiger partial charge on any atom is -0.493 e. The fourth-order valence-corrected chi connectivity index (χ4v) is 2.38. The van der Waals surface area contributed by atoms with Crippen LogP contribution in [0.2, 0.25) is 0 Å². The summed E-state index contributed by atoms with van der Waals surface area (Å²) in [6, 6.07) is 6.27. The van der Waals surface area contributed by atoms with Gasteiger partial charge in [-0.15, -0.1) is 0 Å². The van der Waals surface area contributed by atoms with Crippen LogP contribution in [-0.4, -0.2) is 19.3 Å². The number of hydrogen-bond acceptors (Lipinski definition) is 2. The van der Waals surface area contributed by atoms with Crippen molar-refractivity contribution >= 4 is 0 Å². The van der Waals surface area contributed by atoms with Gasteiger partial charge in [0.1, 0.15) is 5.75 Å². The monoisotopic (exact) mass is 234 g/mol. The van der Waals surface area contributed by atoms with Crippen molar-refractivity contribution in [3.63, 3.8) is 0 Å². The van der Waals surface area contributed by atoms with Crippen LogP contribution in [0.15, 0.2) is 18.2 Å². The Bertz CT molecular complexity index is 334. The topological polar surface area (TPSA) is 18.5 Å². The standard InChI is InChI=1S/C15H22O2/c1-12-6-3-7-13(2)15(12)17-11-5-9-14-8-4-10-16-14/h3,6-7,14H,4-5,8-11H2,1-2H3. The van der Waals surface area contributed by atoms with Gasteiger partial charge in [-0.2, -0.15) is 0 Å². The summed E-state index contributed by atoms with van der Waals surface area (Å²) in [6.45, 7) is 5.94. The van der Waals surface area contributed by atoms with Gasteiger partial charge in [0.25, 0.3) is 0 Å². The largest absolute Gasteiger partial charge is 0.493 e. The van der Waals surface area contributed by atoms with E-state index in [9.17, 15) is 0 Å². The zero-order valence-corrected chi connectivity index (χ0v) is 10.9. The van der Waals surface area contributed by atoms with Crippen LogP contribution in [0.5, 0.6) is 5.75 Å². The fourth-order valence-electron chi connectivity index (χ4n) is 2.38. The minimum absolute atomic E-state index is 0.483. The second kappa shape index (κ2) is 6.06. The second-order valence-electron chi connectivity index (χ2n) is 4.85. The van der Waals surface area contributed by atoms with Crippen molar-refractivity contribution in [1.82, 2.24) is 0 Å². The van der Waals surface area contributed by atoms with Gasteiger partial charge in [0.05, 0.1) is 12.7 Å². The molecule has 0 N–H and O–H groups in total. The molecule has 0 saturated carbocycles. The first kappa shape index (κ1) is 12.4. The van der Waals surface area contributed by atoms with Gasteiger partial charge in [0, 0.05) is 6.61 Å². The summed E-state index contributed by atoms with van der Waals surface area (Å²) in [5, 5.41) is 0. The van der Waals surface area contributed by atoms with Crippen LogP contribution < -0.4 is 4.74 Å². The van der Waals surface area contributed by atoms with Crippen molar-refractivity contribution < 1.29 is 9.47 Å². The van der Waals surface area contributed by atoms with Gasteiger partial charge in [-0.3, -0.25) is 0 Å². The van der Waals surface area contributed by atoms with Crippen molar-refractivity contribution in [3.05, 3.63) is 29.3 Å². The Balaban J connectivity index is 1.74. The van der Waals surface area contributed by atoms with Crippen molar-refractivity contribution in [2.75, 3.05) is 13.2 Å². The molecule has 1 aliphatic heterocycles. The quantitative estimate of drug-likeness (QED) is 0.724. The Kier molecular flexibility index (Phi) is 4.43. The lowest BCUT2D eigenvalue weighted by atomic mass is 10.1. The molecule has 0 bridgehead atoms. The van der Waals surface area contributed by atoms with Gasteiger partial charge >= 0.3 is 0 Å². The van der Waals surface area contributed by atoms with Gasteiger partial charge in [-0.05, 0) is 50.7 Å². The molecule has 17 heavy (non-hydrogen) atoms. The molecule has 1 aromatic rings. The molecule has 2 heteroatoms. The number of benzene rings is 1. The molecule has 0 amide bonds. The molecule has 0 spiro atoms. The zero-order chi connectivity index (χ0) is 12.1. The van der Waals surface area contributed by atoms with E-state index in [1.807, 2.05) is 0 Å². The van der Waals surface area contributed by atoms with Crippen molar-refractivity contribution in [1.29, 1.82) is 0 Å². The molecule has 1 aliphatic rings. The van der Waals surface area contributed by atoms with Crippen LogP contribution in [0, 0.1) is 13.8 Å². The Hall–Kier alpha value is -1.02. The maximum absolute atomic E-state index is 5.87. The van der Waals surface area contributed by atoms with Crippen molar-refractivity contribution in [2.45, 2.75) is 45.6 Å². The van der Waals surface area contributed by atoms with Crippen molar-refractivity contribution in [3.8, 4) is 5.75 Å². The van der Waals surface area contributed by atoms with Crippen molar-refractivity contribution in [2.24, 2.45) is 0 Å². The molecule has 2 rings (SSSR count). The lowest BCUT2D eigenvalue weighted by Crippen LogP contribution is -2.08. The maximum atomic E-state index is 5.87. The number of rotatable bonds is 5. The minimum atomic E-state index is 0.483. The SMILES string of the molecule is Cc1cccc(C)c1OCCCC1CCCO1. The van der Waals surface area contributed by atoms with Gasteiger partial charge < -0.3 is 9.47 Å². The Labute approximate surface area is 104 Å². The maximum Gasteiger partial charge on any atom is 0.125 e. The molecular formula is C15H22O2. The fraction of sp³-hybridized carbons (Fsp3) is 0.600. The average molecular weight is 234 g/mol. The Morgan fingerprint density at radius 3 is 2.71 bits per heavy atom. The highest BCUT2D eigenvalue weighted by Gasteiger charge is 2.14. The number of ether oxygens (including phenoxy) is 2. The van der Waals surface area contributed by atoms with E-state index in [-0.39, 0.29) is 0 Å². The highest BCUT2D eigenvalue weighted by molar-refractivity contribution is 5.39. The molecule has 1 saturated heterocycles. The number of hydrogen-bond donors (Lipinski definition) is 0. The highest BCUT2D eigenvalue weighted by Crippen LogP contribution is 2.23. The summed E-state index contributed by atoms with van der Waals surface area (Å²) in [4.78, 5) is 0. The third-order valence-corrected chi connectivity index (χ3v) is 3.35. The lowest BCUT2D eigenvalue weighted by molar-refractivity contribution is 0.0980. The predicted molar refractivity (Wildman–Crippen MR) is 69.6 cm³/mol. The Morgan fingerprint density at radius 1 is 1.29 bits per heavy atom. The number of aryl methyl sites for hydroxylation is 2. The van der Waals surface area contributed by atoms with E-state index in [1.54, 1.807) is 0 Å². The normalized spacial score (nSPS) is 19.5. The molecule has 1 unspecified atom stereocenters. The molecule has 1 atom stereocenters. The number of para-hydroxylation sites is 1. The van der Waals surface area contributed by atoms with Crippen LogP contribution in [0.3, 0.4) is 0 Å². The van der Waals surface area contributed by atoms with E-state index in [0.29, 0.717) is 6.10 Å². The molecule has 0 aromatic heterocycles. The van der Waals surface area contributed by atoms with E-state index in [4.69, 9.17) is 9.47 Å². The van der Waals surface area contributed by atoms with Gasteiger partial charge in [-0.25, -0.2) is 0 Å². The molecule has 0 aliphatic carbocycles. The summed E-state index contributed by atoms with van der Waals surface area (Å²) in [5.41, 5.74) is 2.45. The third-order valence-electron chi connectivity index (χ3n) is 3.35. The molecule has 1 heterocycles. The van der Waals surface area contributed by atoms with E-state index >= 15 is 0 Å². The van der Waals surface area contributed by atoms with E-state index < -0.39 is 0 Å². The van der Waals surface area contributed by atoms with Crippen LogP contribution >= 0.6 is 0 Å². The smallest absolute Gasteiger partial charge is 0.125 e. The Morgan fingerprint density at radius 2 is 2.06 bits per heavy atom. The van der Waals surface area contributed by atoms with Crippen LogP contribution in [0.4, 0.5) is 0 Å². The summed E-state index contributed by atoms with van der Waals surface area (Å²) < 4.78 is 11.5. The highest BCUT2D eigenvalue weighted by atomic mass is 16.5. The van der Waals surface area contributed by atoms with Gasteiger partial charge in [0.2, 0.25) is 0 Å². The average Bonchev–Trinajstić information content (AvgIpc) is 2.80. The molecule has 2 nitrogen and oxygen atoms in total. The predicted octanol–water partition coefficient (Wildman–Crippen LogP) is 3.64. The zero-order valence-electron chi connectivity index (χ0n) is 10.9. The molecule has 1 fully saturated rings. The van der Waals surface area contributed by atoms with E-state index in [0.717, 1.165) is 31.8 Å². The van der Waals surface area contributed by atoms with Gasteiger partial charge in [-0.1, -0.05) is 18.2 Å². The van der Waals surface area contributed by atoms with Crippen LogP contribution in [0.25, 0.3) is 0 Å². The molecule has 94 valence electrons. The van der Waals surface area contributed by atoms with E-state index in [2.05, 4.69) is 32.0 Å². The van der Waals surface area contributed by atoms with E-state index in [1.165, 1.54) is 24.0 Å². The van der Waals surface area contributed by atoms with Crippen LogP contribution in [-0.2, 0) is 4.74 Å². The lowest BCUT2D eigenvalue weighted by Gasteiger charge is -2.13. The van der Waals surface area contributed by atoms with Gasteiger partial charge in [0.15, 0.2) is 0 Å². The third kappa shape index (κ3) is 3.47.